The largest absolute Gasteiger partial charge is 0.323 e. The van der Waals surface area contributed by atoms with E-state index < -0.39 is 0 Å². The van der Waals surface area contributed by atoms with E-state index in [2.05, 4.69) is 10.3 Å². The van der Waals surface area contributed by atoms with Crippen LogP contribution in [0.25, 0.3) is 10.2 Å². The van der Waals surface area contributed by atoms with E-state index in [1.807, 2.05) is 6.92 Å². The third-order valence-electron chi connectivity index (χ3n) is 4.60. The monoisotopic (exact) mass is 434 g/mol. The van der Waals surface area contributed by atoms with Gasteiger partial charge in [-0.25, -0.2) is 9.97 Å². The van der Waals surface area contributed by atoms with Gasteiger partial charge in [-0.2, -0.15) is 0 Å². The first kappa shape index (κ1) is 19.4. The molecule has 0 unspecified atom stereocenters. The van der Waals surface area contributed by atoms with Crippen molar-refractivity contribution < 1.29 is 4.79 Å². The molecule has 3 aromatic heterocycles. The van der Waals surface area contributed by atoms with E-state index in [1.54, 1.807) is 34.2 Å². The summed E-state index contributed by atoms with van der Waals surface area (Å²) >= 11 is 8.87. The Morgan fingerprint density at radius 3 is 3.07 bits per heavy atom. The van der Waals surface area contributed by atoms with Crippen LogP contribution >= 0.6 is 34.7 Å². The number of nitrogens with one attached hydrogen (secondary N) is 1. The van der Waals surface area contributed by atoms with Crippen LogP contribution in [-0.2, 0) is 24.2 Å². The third kappa shape index (κ3) is 3.68. The number of thioether (sulfide) groups is 1. The van der Waals surface area contributed by atoms with Crippen molar-refractivity contribution in [2.24, 2.45) is 0 Å². The molecule has 0 saturated carbocycles. The maximum Gasteiger partial charge on any atom is 0.263 e. The number of fused-ring (bicyclic) bond motifs is 3. The van der Waals surface area contributed by atoms with Gasteiger partial charge < -0.3 is 5.32 Å². The molecule has 6 nitrogen and oxygen atoms in total. The summed E-state index contributed by atoms with van der Waals surface area (Å²) in [6.07, 6.45) is 5.48. The summed E-state index contributed by atoms with van der Waals surface area (Å²) in [6.45, 7) is 2.62. The van der Waals surface area contributed by atoms with Crippen LogP contribution in [0, 0.1) is 0 Å². The zero-order chi connectivity index (χ0) is 19.7. The lowest BCUT2D eigenvalue weighted by molar-refractivity contribution is -0.113. The molecule has 0 bridgehead atoms. The lowest BCUT2D eigenvalue weighted by Crippen LogP contribution is -2.24. The molecule has 1 amide bonds. The fourth-order valence-corrected chi connectivity index (χ4v) is 5.68. The van der Waals surface area contributed by atoms with Crippen molar-refractivity contribution in [3.63, 3.8) is 0 Å². The lowest BCUT2D eigenvalue weighted by Gasteiger charge is -2.11. The number of amides is 1. The Kier molecular flexibility index (Phi) is 5.70. The number of carbonyl (C=O) groups excluding carboxylic acids is 1. The van der Waals surface area contributed by atoms with E-state index in [0.29, 0.717) is 17.4 Å². The molecule has 28 heavy (non-hydrogen) atoms. The van der Waals surface area contributed by atoms with Gasteiger partial charge in [0.05, 0.1) is 16.8 Å². The van der Waals surface area contributed by atoms with Crippen LogP contribution in [0.3, 0.4) is 0 Å². The second kappa shape index (κ2) is 8.23. The second-order valence-corrected chi connectivity index (χ2v) is 8.95. The summed E-state index contributed by atoms with van der Waals surface area (Å²) in [5.41, 5.74) is 1.67. The predicted octanol–water partition coefficient (Wildman–Crippen LogP) is 4.14. The highest BCUT2D eigenvalue weighted by Gasteiger charge is 2.23. The van der Waals surface area contributed by atoms with Gasteiger partial charge in [0.1, 0.15) is 4.83 Å². The Labute approximate surface area is 175 Å². The van der Waals surface area contributed by atoms with Gasteiger partial charge in [0.25, 0.3) is 5.56 Å². The molecule has 1 N–H and O–H groups in total. The van der Waals surface area contributed by atoms with Crippen LogP contribution in [0.2, 0.25) is 5.15 Å². The number of nitrogens with zero attached hydrogens (tertiary/aromatic N) is 3. The van der Waals surface area contributed by atoms with Gasteiger partial charge in [0, 0.05) is 17.6 Å². The molecule has 0 radical (unpaired) electrons. The fourth-order valence-electron chi connectivity index (χ4n) is 3.38. The minimum absolute atomic E-state index is 0.0180. The van der Waals surface area contributed by atoms with E-state index >= 15 is 0 Å². The molecule has 0 aromatic carbocycles. The highest BCUT2D eigenvalue weighted by Crippen LogP contribution is 2.35. The van der Waals surface area contributed by atoms with E-state index in [4.69, 9.17) is 16.6 Å². The lowest BCUT2D eigenvalue weighted by atomic mass is 10.2. The summed E-state index contributed by atoms with van der Waals surface area (Å²) in [5.74, 6) is -0.0798. The van der Waals surface area contributed by atoms with Gasteiger partial charge in [-0.3, -0.25) is 14.2 Å². The van der Waals surface area contributed by atoms with Crippen molar-refractivity contribution in [3.05, 3.63) is 44.3 Å². The summed E-state index contributed by atoms with van der Waals surface area (Å²) < 4.78 is 1.71. The molecule has 3 aromatic rings. The topological polar surface area (TPSA) is 76.9 Å². The molecular formula is C19H19ClN4O2S2. The summed E-state index contributed by atoms with van der Waals surface area (Å²) in [6, 6.07) is 3.40. The highest BCUT2D eigenvalue weighted by atomic mass is 35.5. The average molecular weight is 435 g/mol. The van der Waals surface area contributed by atoms with E-state index in [9.17, 15) is 9.59 Å². The maximum absolute atomic E-state index is 13.1. The molecule has 1 aliphatic rings. The van der Waals surface area contributed by atoms with Crippen LogP contribution in [-0.4, -0.2) is 26.2 Å². The highest BCUT2D eigenvalue weighted by molar-refractivity contribution is 7.99. The van der Waals surface area contributed by atoms with Crippen molar-refractivity contribution in [3.8, 4) is 0 Å². The number of anilines is 1. The standard InChI is InChI=1S/C19H19ClN4O2S2/c1-2-9-24-18(26)15-11-5-3-7-13(11)28-17(15)23-19(24)27-10-14(25)22-12-6-4-8-21-16(12)20/h4,6,8H,2-3,5,7,9-10H2,1H3,(H,22,25). The number of hydrogen-bond donors (Lipinski definition) is 1. The van der Waals surface area contributed by atoms with Gasteiger partial charge in [-0.15, -0.1) is 11.3 Å². The molecule has 146 valence electrons. The molecule has 0 saturated heterocycles. The molecule has 1 aliphatic carbocycles. The minimum atomic E-state index is -0.217. The van der Waals surface area contributed by atoms with Crippen LogP contribution in [0.1, 0.15) is 30.2 Å². The van der Waals surface area contributed by atoms with Gasteiger partial charge in [-0.1, -0.05) is 30.3 Å². The number of aromatic nitrogens is 3. The van der Waals surface area contributed by atoms with Crippen molar-refractivity contribution in [1.29, 1.82) is 0 Å². The number of thiophene rings is 1. The molecule has 0 atom stereocenters. The van der Waals surface area contributed by atoms with Crippen LogP contribution in [0.4, 0.5) is 5.69 Å². The Morgan fingerprint density at radius 1 is 1.43 bits per heavy atom. The Balaban J connectivity index is 1.59. The number of carbonyl (C=O) groups is 1. The second-order valence-electron chi connectivity index (χ2n) is 6.57. The number of hydrogen-bond acceptors (Lipinski definition) is 6. The van der Waals surface area contributed by atoms with Crippen molar-refractivity contribution >= 4 is 56.5 Å². The summed E-state index contributed by atoms with van der Waals surface area (Å²) in [4.78, 5) is 36.2. The van der Waals surface area contributed by atoms with E-state index in [1.165, 1.54) is 22.2 Å². The molecule has 0 fully saturated rings. The smallest absolute Gasteiger partial charge is 0.263 e. The van der Waals surface area contributed by atoms with Crippen molar-refractivity contribution in [2.75, 3.05) is 11.1 Å². The van der Waals surface area contributed by atoms with Crippen LogP contribution < -0.4 is 10.9 Å². The first-order valence-electron chi connectivity index (χ1n) is 9.16. The average Bonchev–Trinajstić information content (AvgIpc) is 3.25. The zero-order valence-corrected chi connectivity index (χ0v) is 17.7. The molecule has 3 heterocycles. The maximum atomic E-state index is 13.1. The molecular weight excluding hydrogens is 416 g/mol. The van der Waals surface area contributed by atoms with Crippen molar-refractivity contribution in [2.45, 2.75) is 44.3 Å². The van der Waals surface area contributed by atoms with Crippen LogP contribution in [0.5, 0.6) is 0 Å². The quantitative estimate of drug-likeness (QED) is 0.358. The summed E-state index contributed by atoms with van der Waals surface area (Å²) in [5, 5.41) is 4.36. The third-order valence-corrected chi connectivity index (χ3v) is 7.07. The van der Waals surface area contributed by atoms with E-state index in [0.717, 1.165) is 35.9 Å². The summed E-state index contributed by atoms with van der Waals surface area (Å²) in [7, 11) is 0. The molecule has 9 heteroatoms. The number of halogens is 1. The van der Waals surface area contributed by atoms with Gasteiger partial charge in [-0.05, 0) is 43.4 Å². The molecule has 4 rings (SSSR count). The normalized spacial score (nSPS) is 13.1. The Hall–Kier alpha value is -1.90. The predicted molar refractivity (Wildman–Crippen MR) is 115 cm³/mol. The van der Waals surface area contributed by atoms with Gasteiger partial charge in [0.2, 0.25) is 5.91 Å². The molecule has 0 spiro atoms. The molecule has 0 aliphatic heterocycles. The first-order valence-corrected chi connectivity index (χ1v) is 11.3. The van der Waals surface area contributed by atoms with E-state index in [-0.39, 0.29) is 22.4 Å². The van der Waals surface area contributed by atoms with Gasteiger partial charge in [0.15, 0.2) is 10.3 Å². The van der Waals surface area contributed by atoms with Gasteiger partial charge >= 0.3 is 0 Å². The minimum Gasteiger partial charge on any atom is -0.323 e. The SMILES string of the molecule is CCCn1c(SCC(=O)Nc2cccnc2Cl)nc2sc3c(c2c1=O)CCC3. The fraction of sp³-hybridized carbons (Fsp3) is 0.368. The number of aryl methyl sites for hydroxylation is 2. The number of pyridine rings is 1. The van der Waals surface area contributed by atoms with Crippen molar-refractivity contribution in [1.82, 2.24) is 14.5 Å². The Morgan fingerprint density at radius 2 is 2.29 bits per heavy atom. The van der Waals surface area contributed by atoms with Crippen LogP contribution in [0.15, 0.2) is 28.3 Å². The first-order chi connectivity index (χ1) is 13.6. The number of rotatable bonds is 6. The zero-order valence-electron chi connectivity index (χ0n) is 15.3. The Bertz CT molecular complexity index is 1110.